The van der Waals surface area contributed by atoms with E-state index in [-0.39, 0.29) is 12.1 Å². The molecule has 3 nitrogen and oxygen atoms in total. The van der Waals surface area contributed by atoms with E-state index in [0.29, 0.717) is 16.9 Å². The Hall–Kier alpha value is -3.44. The van der Waals surface area contributed by atoms with Gasteiger partial charge in [0.25, 0.3) is 0 Å². The van der Waals surface area contributed by atoms with Gasteiger partial charge in [0.15, 0.2) is 0 Å². The molecule has 0 aliphatic rings. The molecule has 0 atom stereocenters. The van der Waals surface area contributed by atoms with Crippen LogP contribution in [0.15, 0.2) is 75.8 Å². The van der Waals surface area contributed by atoms with Crippen molar-refractivity contribution in [2.45, 2.75) is 6.54 Å². The summed E-state index contributed by atoms with van der Waals surface area (Å²) in [4.78, 5) is 0. The van der Waals surface area contributed by atoms with Crippen LogP contribution in [-0.4, -0.2) is 0 Å². The van der Waals surface area contributed by atoms with Gasteiger partial charge in [-0.15, -0.1) is 0 Å². The molecule has 28 heavy (non-hydrogen) atoms. The minimum Gasteiger partial charge on any atom is -0.464 e. The molecule has 0 bridgehead atoms. The first kappa shape index (κ1) is 16.7. The van der Waals surface area contributed by atoms with E-state index < -0.39 is 11.6 Å². The van der Waals surface area contributed by atoms with Gasteiger partial charge in [0.1, 0.15) is 28.6 Å². The van der Waals surface area contributed by atoms with Crippen LogP contribution in [0.3, 0.4) is 0 Å². The number of fused-ring (bicyclic) bond motifs is 2. The molecule has 2 N–H and O–H groups in total. The summed E-state index contributed by atoms with van der Waals surface area (Å²) in [5.41, 5.74) is 9.71. The Labute approximate surface area is 159 Å². The molecule has 0 amide bonds. The Bertz CT molecular complexity index is 1330. The maximum atomic E-state index is 14.5. The predicted octanol–water partition coefficient (Wildman–Crippen LogP) is 6.25. The van der Waals surface area contributed by atoms with Gasteiger partial charge in [0.05, 0.1) is 12.8 Å². The molecule has 0 saturated heterocycles. The fourth-order valence-corrected chi connectivity index (χ4v) is 3.53. The highest BCUT2D eigenvalue weighted by Crippen LogP contribution is 2.37. The van der Waals surface area contributed by atoms with E-state index in [1.807, 2.05) is 42.5 Å². The van der Waals surface area contributed by atoms with E-state index in [1.165, 1.54) is 12.1 Å². The average Bonchev–Trinajstić information content (AvgIpc) is 3.33. The van der Waals surface area contributed by atoms with Gasteiger partial charge >= 0.3 is 0 Å². The second kappa shape index (κ2) is 6.32. The monoisotopic (exact) mass is 375 g/mol. The molecule has 0 unspecified atom stereocenters. The largest absolute Gasteiger partial charge is 0.464 e. The van der Waals surface area contributed by atoms with E-state index >= 15 is 0 Å². The molecule has 5 aromatic rings. The predicted molar refractivity (Wildman–Crippen MR) is 105 cm³/mol. The van der Waals surface area contributed by atoms with Gasteiger partial charge in [-0.3, -0.25) is 0 Å². The van der Waals surface area contributed by atoms with Gasteiger partial charge < -0.3 is 14.6 Å². The highest BCUT2D eigenvalue weighted by molar-refractivity contribution is 5.98. The molecule has 5 rings (SSSR count). The van der Waals surface area contributed by atoms with Crippen LogP contribution < -0.4 is 5.73 Å². The molecule has 0 saturated carbocycles. The lowest BCUT2D eigenvalue weighted by Crippen LogP contribution is -1.92. The van der Waals surface area contributed by atoms with Gasteiger partial charge in [-0.05, 0) is 59.7 Å². The highest BCUT2D eigenvalue weighted by atomic mass is 19.1. The summed E-state index contributed by atoms with van der Waals surface area (Å²) in [6.45, 7) is 0.232. The third kappa shape index (κ3) is 2.68. The van der Waals surface area contributed by atoms with Crippen molar-refractivity contribution in [3.63, 3.8) is 0 Å². The normalized spacial score (nSPS) is 11.5. The molecule has 2 heterocycles. The minimum atomic E-state index is -0.644. The van der Waals surface area contributed by atoms with Crippen LogP contribution in [0.1, 0.15) is 5.76 Å². The summed E-state index contributed by atoms with van der Waals surface area (Å²) in [7, 11) is 0. The lowest BCUT2D eigenvalue weighted by atomic mass is 9.96. The van der Waals surface area contributed by atoms with Gasteiger partial charge in [-0.2, -0.15) is 0 Å². The number of hydrogen-bond acceptors (Lipinski definition) is 3. The fourth-order valence-electron chi connectivity index (χ4n) is 3.53. The Morgan fingerprint density at radius 2 is 1.64 bits per heavy atom. The van der Waals surface area contributed by atoms with Crippen molar-refractivity contribution in [2.75, 3.05) is 0 Å². The van der Waals surface area contributed by atoms with E-state index in [1.54, 1.807) is 6.26 Å². The summed E-state index contributed by atoms with van der Waals surface area (Å²) >= 11 is 0. The minimum absolute atomic E-state index is 0.232. The molecule has 0 fully saturated rings. The second-order valence-electron chi connectivity index (χ2n) is 6.66. The van der Waals surface area contributed by atoms with Crippen molar-refractivity contribution in [2.24, 2.45) is 5.73 Å². The molecule has 0 aliphatic carbocycles. The Morgan fingerprint density at radius 1 is 0.786 bits per heavy atom. The van der Waals surface area contributed by atoms with Crippen LogP contribution in [0, 0.1) is 11.6 Å². The highest BCUT2D eigenvalue weighted by Gasteiger charge is 2.16. The molecule has 0 radical (unpaired) electrons. The van der Waals surface area contributed by atoms with Crippen LogP contribution in [0.25, 0.3) is 44.2 Å². The number of nitrogens with two attached hydrogens (primary N) is 1. The topological polar surface area (TPSA) is 52.3 Å². The van der Waals surface area contributed by atoms with Crippen LogP contribution >= 0.6 is 0 Å². The maximum absolute atomic E-state index is 14.5. The number of hydrogen-bond donors (Lipinski definition) is 1. The van der Waals surface area contributed by atoms with E-state index in [0.717, 1.165) is 33.5 Å². The fraction of sp³-hybridized carbons (Fsp3) is 0.0435. The SMILES string of the molecule is NCc1cc2cc(-c3ccc4occc4c3)cc(-c3ccc(F)cc3F)c2o1. The summed E-state index contributed by atoms with van der Waals surface area (Å²) in [5, 5.41) is 1.78. The van der Waals surface area contributed by atoms with E-state index in [2.05, 4.69) is 0 Å². The maximum Gasteiger partial charge on any atom is 0.142 e. The number of benzene rings is 3. The van der Waals surface area contributed by atoms with E-state index in [9.17, 15) is 8.78 Å². The molecule has 138 valence electrons. The molecule has 0 aliphatic heterocycles. The quantitative estimate of drug-likeness (QED) is 0.405. The third-order valence-corrected chi connectivity index (χ3v) is 4.88. The Kier molecular flexibility index (Phi) is 3.77. The number of halogens is 2. The first-order valence-corrected chi connectivity index (χ1v) is 8.82. The molecular weight excluding hydrogens is 360 g/mol. The van der Waals surface area contributed by atoms with Gasteiger partial charge in [-0.25, -0.2) is 8.78 Å². The second-order valence-corrected chi connectivity index (χ2v) is 6.66. The Balaban J connectivity index is 1.78. The number of furan rings is 2. The van der Waals surface area contributed by atoms with Crippen molar-refractivity contribution in [3.8, 4) is 22.3 Å². The van der Waals surface area contributed by atoms with Crippen molar-refractivity contribution < 1.29 is 17.6 Å². The zero-order valence-corrected chi connectivity index (χ0v) is 14.7. The van der Waals surface area contributed by atoms with Crippen LogP contribution in [0.2, 0.25) is 0 Å². The zero-order chi connectivity index (χ0) is 19.3. The third-order valence-electron chi connectivity index (χ3n) is 4.88. The van der Waals surface area contributed by atoms with Gasteiger partial charge in [0, 0.05) is 28.0 Å². The summed E-state index contributed by atoms with van der Waals surface area (Å²) in [6.07, 6.45) is 1.64. The average molecular weight is 375 g/mol. The number of rotatable bonds is 3. The molecule has 2 aromatic heterocycles. The van der Waals surface area contributed by atoms with Crippen LogP contribution in [0.4, 0.5) is 8.78 Å². The van der Waals surface area contributed by atoms with Crippen molar-refractivity contribution in [1.29, 1.82) is 0 Å². The first-order valence-electron chi connectivity index (χ1n) is 8.82. The first-order chi connectivity index (χ1) is 13.6. The lowest BCUT2D eigenvalue weighted by Gasteiger charge is -2.09. The summed E-state index contributed by atoms with van der Waals surface area (Å²) in [5.74, 6) is -0.670. The van der Waals surface area contributed by atoms with Gasteiger partial charge in [-0.1, -0.05) is 6.07 Å². The standard InChI is InChI=1S/C23H15F2NO2/c24-17-2-3-19(21(25)11-17)20-10-15(8-16-9-18(12-26)28-23(16)20)13-1-4-22-14(7-13)5-6-27-22/h1-11H,12,26H2. The van der Waals surface area contributed by atoms with Crippen LogP contribution in [-0.2, 0) is 6.54 Å². The molecule has 0 spiro atoms. The van der Waals surface area contributed by atoms with Crippen molar-refractivity contribution in [1.82, 2.24) is 0 Å². The molecule has 3 aromatic carbocycles. The van der Waals surface area contributed by atoms with E-state index in [4.69, 9.17) is 14.6 Å². The molecule has 5 heteroatoms. The summed E-state index contributed by atoms with van der Waals surface area (Å²) in [6, 6.07) is 17.0. The molecular formula is C23H15F2NO2. The zero-order valence-electron chi connectivity index (χ0n) is 14.7. The Morgan fingerprint density at radius 3 is 2.46 bits per heavy atom. The van der Waals surface area contributed by atoms with Crippen molar-refractivity contribution in [3.05, 3.63) is 84.3 Å². The van der Waals surface area contributed by atoms with Crippen molar-refractivity contribution >= 4 is 21.9 Å². The summed E-state index contributed by atoms with van der Waals surface area (Å²) < 4.78 is 39.2. The van der Waals surface area contributed by atoms with Crippen LogP contribution in [0.5, 0.6) is 0 Å². The smallest absolute Gasteiger partial charge is 0.142 e. The van der Waals surface area contributed by atoms with Gasteiger partial charge in [0.2, 0.25) is 0 Å². The lowest BCUT2D eigenvalue weighted by molar-refractivity contribution is 0.552.